The fraction of sp³-hybridized carbons (Fsp3) is 0.603. The van der Waals surface area contributed by atoms with Gasteiger partial charge in [0.25, 0.3) is 0 Å². The lowest BCUT2D eigenvalue weighted by Gasteiger charge is -2.18. The number of esters is 3. The van der Waals surface area contributed by atoms with E-state index in [1.54, 1.807) is 0 Å². The van der Waals surface area contributed by atoms with Crippen molar-refractivity contribution in [1.82, 2.24) is 0 Å². The zero-order valence-corrected chi connectivity index (χ0v) is 41.0. The summed E-state index contributed by atoms with van der Waals surface area (Å²) < 4.78 is 16.7. The summed E-state index contributed by atoms with van der Waals surface area (Å²) in [7, 11) is 0. The number of carbonyl (C=O) groups excluding carboxylic acids is 3. The fourth-order valence-electron chi connectivity index (χ4n) is 6.57. The third-order valence-electron chi connectivity index (χ3n) is 10.4. The van der Waals surface area contributed by atoms with Crippen molar-refractivity contribution in [3.63, 3.8) is 0 Å². The monoisotopic (exact) mass is 885 g/mol. The molecular weight excluding hydrogens is 793 g/mol. The minimum absolute atomic E-state index is 0.109. The maximum Gasteiger partial charge on any atom is 0.306 e. The summed E-state index contributed by atoms with van der Waals surface area (Å²) in [5.74, 6) is -0.979. The van der Waals surface area contributed by atoms with E-state index < -0.39 is 6.10 Å². The number of rotatable bonds is 44. The van der Waals surface area contributed by atoms with E-state index in [1.165, 1.54) is 32.1 Å². The molecule has 0 bridgehead atoms. The lowest BCUT2D eigenvalue weighted by molar-refractivity contribution is -0.167. The molecule has 0 spiro atoms. The Morgan fingerprint density at radius 1 is 0.328 bits per heavy atom. The van der Waals surface area contributed by atoms with E-state index in [4.69, 9.17) is 14.2 Å². The second-order valence-electron chi connectivity index (χ2n) is 16.5. The predicted molar refractivity (Wildman–Crippen MR) is 274 cm³/mol. The van der Waals surface area contributed by atoms with Gasteiger partial charge < -0.3 is 14.2 Å². The Morgan fingerprint density at radius 2 is 0.609 bits per heavy atom. The highest BCUT2D eigenvalue weighted by molar-refractivity contribution is 5.71. The molecule has 0 aromatic carbocycles. The summed E-state index contributed by atoms with van der Waals surface area (Å²) in [6.45, 7) is 6.28. The van der Waals surface area contributed by atoms with Crippen LogP contribution in [0.2, 0.25) is 0 Å². The molecule has 0 aromatic heterocycles. The topological polar surface area (TPSA) is 78.9 Å². The highest BCUT2D eigenvalue weighted by Gasteiger charge is 2.19. The number of hydrogen-bond donors (Lipinski definition) is 0. The Bertz CT molecular complexity index is 1390. The normalized spacial score (nSPS) is 13.1. The van der Waals surface area contributed by atoms with Gasteiger partial charge in [0.2, 0.25) is 0 Å². The van der Waals surface area contributed by atoms with Gasteiger partial charge >= 0.3 is 17.9 Å². The zero-order chi connectivity index (χ0) is 46.5. The molecule has 0 aromatic rings. The molecule has 0 N–H and O–H groups in total. The van der Waals surface area contributed by atoms with Gasteiger partial charge in [0.1, 0.15) is 13.2 Å². The Hall–Kier alpha value is -4.19. The van der Waals surface area contributed by atoms with Crippen LogP contribution in [0, 0.1) is 0 Å². The maximum absolute atomic E-state index is 12.8. The molecule has 1 atom stereocenters. The van der Waals surface area contributed by atoms with Crippen molar-refractivity contribution in [1.29, 1.82) is 0 Å². The lowest BCUT2D eigenvalue weighted by atomic mass is 10.1. The summed E-state index contributed by atoms with van der Waals surface area (Å²) in [6, 6.07) is 0. The molecule has 1 unspecified atom stereocenters. The fourth-order valence-corrected chi connectivity index (χ4v) is 6.57. The first-order valence-electron chi connectivity index (χ1n) is 25.7. The molecule has 0 amide bonds. The van der Waals surface area contributed by atoms with Crippen molar-refractivity contribution >= 4 is 17.9 Å². The first kappa shape index (κ1) is 59.8. The average molecular weight is 885 g/mol. The standard InChI is InChI=1S/C58H92O6/c1-4-7-10-13-16-19-22-25-27-28-29-31-33-36-39-42-45-48-51-57(60)63-54-55(53-62-56(59)50-47-44-41-38-35-32-24-21-18-15-12-9-6-3)64-58(61)52-49-46-43-40-37-34-30-26-23-20-17-14-11-8-5-2/h8-9,11-12,14-15,17-18,20-31,55H,4-7,10,13,16,19,32-54H2,1-3H3/b11-8+,12-9+,17-14+,18-15+,23-20+,24-21+,25-22+,28-27+,30-26+,31-29+. The predicted octanol–water partition coefficient (Wildman–Crippen LogP) is 16.9. The molecule has 6 heteroatoms. The molecule has 0 aliphatic rings. The largest absolute Gasteiger partial charge is 0.462 e. The molecule has 0 saturated carbocycles. The second kappa shape index (κ2) is 51.4. The summed E-state index contributed by atoms with van der Waals surface area (Å²) in [6.07, 6.45) is 70.3. The van der Waals surface area contributed by atoms with Gasteiger partial charge in [-0.25, -0.2) is 0 Å². The number of allylic oxidation sites excluding steroid dienone is 20. The second-order valence-corrected chi connectivity index (χ2v) is 16.5. The van der Waals surface area contributed by atoms with Crippen LogP contribution < -0.4 is 0 Å². The summed E-state index contributed by atoms with van der Waals surface area (Å²) in [4.78, 5) is 38.0. The minimum Gasteiger partial charge on any atom is -0.462 e. The third kappa shape index (κ3) is 48.8. The smallest absolute Gasteiger partial charge is 0.306 e. The SMILES string of the molecule is CC/C=C/C=C/C=C/C=C/CCCCCCCC(=O)OC(COC(=O)CCCCCCC/C=C/C=C/C=C/CC)COC(=O)CCCCCCC/C=C/C=C/C=C/CCCCCCC. The average Bonchev–Trinajstić information content (AvgIpc) is 3.29. The molecule has 0 saturated heterocycles. The van der Waals surface area contributed by atoms with E-state index in [0.29, 0.717) is 12.8 Å². The summed E-state index contributed by atoms with van der Waals surface area (Å²) >= 11 is 0. The van der Waals surface area contributed by atoms with E-state index in [0.717, 1.165) is 135 Å². The molecule has 0 fully saturated rings. The molecule has 0 aliphatic heterocycles. The Morgan fingerprint density at radius 3 is 0.953 bits per heavy atom. The van der Waals surface area contributed by atoms with Crippen LogP contribution in [0.5, 0.6) is 0 Å². The van der Waals surface area contributed by atoms with Crippen LogP contribution in [0.1, 0.15) is 207 Å². The van der Waals surface area contributed by atoms with Crippen molar-refractivity contribution in [2.75, 3.05) is 13.2 Å². The van der Waals surface area contributed by atoms with Gasteiger partial charge in [0.15, 0.2) is 6.10 Å². The molecule has 64 heavy (non-hydrogen) atoms. The molecule has 0 rings (SSSR count). The van der Waals surface area contributed by atoms with Crippen molar-refractivity contribution in [2.45, 2.75) is 213 Å². The number of hydrogen-bond acceptors (Lipinski definition) is 6. The van der Waals surface area contributed by atoms with Crippen molar-refractivity contribution in [3.8, 4) is 0 Å². The van der Waals surface area contributed by atoms with E-state index in [9.17, 15) is 14.4 Å². The van der Waals surface area contributed by atoms with Crippen LogP contribution >= 0.6 is 0 Å². The van der Waals surface area contributed by atoms with E-state index in [1.807, 2.05) is 24.3 Å². The van der Waals surface area contributed by atoms with Gasteiger partial charge in [0, 0.05) is 19.3 Å². The lowest BCUT2D eigenvalue weighted by Crippen LogP contribution is -2.30. The van der Waals surface area contributed by atoms with Crippen LogP contribution in [-0.2, 0) is 28.6 Å². The molecule has 360 valence electrons. The number of unbranched alkanes of at least 4 members (excludes halogenated alkanes) is 20. The quantitative estimate of drug-likeness (QED) is 0.0262. The molecular formula is C58H92O6. The van der Waals surface area contributed by atoms with Crippen LogP contribution in [-0.4, -0.2) is 37.2 Å². The first-order valence-corrected chi connectivity index (χ1v) is 25.7. The van der Waals surface area contributed by atoms with Crippen LogP contribution in [0.3, 0.4) is 0 Å². The number of ether oxygens (including phenoxy) is 3. The number of carbonyl (C=O) groups is 3. The highest BCUT2D eigenvalue weighted by Crippen LogP contribution is 2.13. The Kier molecular flexibility index (Phi) is 48.1. The maximum atomic E-state index is 12.8. The molecule has 0 radical (unpaired) electrons. The van der Waals surface area contributed by atoms with Gasteiger partial charge in [-0.15, -0.1) is 0 Å². The molecule has 6 nitrogen and oxygen atoms in total. The molecule has 0 aliphatic carbocycles. The first-order chi connectivity index (χ1) is 31.5. The van der Waals surface area contributed by atoms with Gasteiger partial charge in [0.05, 0.1) is 0 Å². The van der Waals surface area contributed by atoms with E-state index in [-0.39, 0.29) is 37.5 Å². The third-order valence-corrected chi connectivity index (χ3v) is 10.4. The van der Waals surface area contributed by atoms with Crippen molar-refractivity contribution in [3.05, 3.63) is 122 Å². The summed E-state index contributed by atoms with van der Waals surface area (Å²) in [5.41, 5.74) is 0. The van der Waals surface area contributed by atoms with Crippen molar-refractivity contribution in [2.24, 2.45) is 0 Å². The van der Waals surface area contributed by atoms with Crippen LogP contribution in [0.25, 0.3) is 0 Å². The minimum atomic E-state index is -0.811. The van der Waals surface area contributed by atoms with Gasteiger partial charge in [-0.2, -0.15) is 0 Å². The summed E-state index contributed by atoms with van der Waals surface area (Å²) in [5, 5.41) is 0. The van der Waals surface area contributed by atoms with Crippen LogP contribution in [0.4, 0.5) is 0 Å². The van der Waals surface area contributed by atoms with Gasteiger partial charge in [-0.1, -0.05) is 226 Å². The van der Waals surface area contributed by atoms with Crippen LogP contribution in [0.15, 0.2) is 122 Å². The molecule has 0 heterocycles. The van der Waals surface area contributed by atoms with Gasteiger partial charge in [-0.3, -0.25) is 14.4 Å². The highest BCUT2D eigenvalue weighted by atomic mass is 16.6. The Labute approximate surface area is 392 Å². The van der Waals surface area contributed by atoms with Gasteiger partial charge in [-0.05, 0) is 83.5 Å². The Balaban J connectivity index is 4.51. The zero-order valence-electron chi connectivity index (χ0n) is 41.0. The van der Waals surface area contributed by atoms with E-state index >= 15 is 0 Å². The van der Waals surface area contributed by atoms with E-state index in [2.05, 4.69) is 118 Å². The van der Waals surface area contributed by atoms with Crippen molar-refractivity contribution < 1.29 is 28.6 Å².